The molecule has 1 amide bonds. The number of halogens is 1. The third-order valence-electron chi connectivity index (χ3n) is 5.24. The molecule has 3 rings (SSSR count). The fourth-order valence-corrected chi connectivity index (χ4v) is 5.04. The maximum atomic E-state index is 12.7. The fraction of sp³-hybridized carbons (Fsp3) is 0.400. The Labute approximate surface area is 172 Å². The number of amides is 1. The minimum Gasteiger partial charge on any atom is -0.312 e. The topological polar surface area (TPSA) is 96.0 Å². The van der Waals surface area contributed by atoms with Gasteiger partial charge < -0.3 is 5.32 Å². The molecule has 0 saturated heterocycles. The number of carbonyl (C=O) groups is 1. The first kappa shape index (κ1) is 20.3. The van der Waals surface area contributed by atoms with E-state index in [4.69, 9.17) is 11.6 Å². The van der Waals surface area contributed by atoms with E-state index in [1.807, 2.05) is 0 Å². The monoisotopic (exact) mass is 417 g/mol. The molecule has 6 nitrogen and oxygen atoms in total. The van der Waals surface area contributed by atoms with Gasteiger partial charge in [-0.1, -0.05) is 32.4 Å². The van der Waals surface area contributed by atoms with Crippen molar-refractivity contribution in [1.82, 2.24) is 0 Å². The number of thiophene rings is 1. The highest BCUT2D eigenvalue weighted by Crippen LogP contribution is 2.44. The molecule has 1 heterocycles. The largest absolute Gasteiger partial charge is 0.312 e. The highest BCUT2D eigenvalue weighted by atomic mass is 35.5. The van der Waals surface area contributed by atoms with E-state index in [1.54, 1.807) is 0 Å². The van der Waals surface area contributed by atoms with Gasteiger partial charge in [0.05, 0.1) is 21.1 Å². The van der Waals surface area contributed by atoms with Crippen molar-refractivity contribution in [1.29, 1.82) is 5.26 Å². The van der Waals surface area contributed by atoms with Gasteiger partial charge in [0.2, 0.25) is 0 Å². The van der Waals surface area contributed by atoms with E-state index in [-0.39, 0.29) is 21.7 Å². The Morgan fingerprint density at radius 1 is 1.43 bits per heavy atom. The predicted molar refractivity (Wildman–Crippen MR) is 110 cm³/mol. The average Bonchev–Trinajstić information content (AvgIpc) is 2.96. The highest BCUT2D eigenvalue weighted by Gasteiger charge is 2.32. The zero-order chi connectivity index (χ0) is 20.6. The van der Waals surface area contributed by atoms with Gasteiger partial charge in [0.25, 0.3) is 11.6 Å². The first-order valence-electron chi connectivity index (χ1n) is 8.91. The number of nitro groups is 1. The minimum atomic E-state index is -0.569. The Kier molecular flexibility index (Phi) is 5.46. The molecule has 0 bridgehead atoms. The molecule has 0 radical (unpaired) electrons. The van der Waals surface area contributed by atoms with Crippen LogP contribution in [0.1, 0.15) is 53.6 Å². The van der Waals surface area contributed by atoms with Gasteiger partial charge in [-0.25, -0.2) is 0 Å². The van der Waals surface area contributed by atoms with Crippen molar-refractivity contribution in [2.45, 2.75) is 40.0 Å². The summed E-state index contributed by atoms with van der Waals surface area (Å²) in [6.07, 6.45) is 2.74. The molecule has 28 heavy (non-hydrogen) atoms. The second kappa shape index (κ2) is 7.53. The van der Waals surface area contributed by atoms with Gasteiger partial charge in [-0.3, -0.25) is 14.9 Å². The summed E-state index contributed by atoms with van der Waals surface area (Å²) in [5.74, 6) is 0.0419. The van der Waals surface area contributed by atoms with Crippen molar-refractivity contribution in [3.63, 3.8) is 0 Å². The quantitative estimate of drug-likeness (QED) is 0.520. The van der Waals surface area contributed by atoms with Crippen LogP contribution in [0.5, 0.6) is 0 Å². The van der Waals surface area contributed by atoms with Gasteiger partial charge in [-0.15, -0.1) is 11.3 Å². The maximum absolute atomic E-state index is 12.7. The highest BCUT2D eigenvalue weighted by molar-refractivity contribution is 7.16. The van der Waals surface area contributed by atoms with Gasteiger partial charge in [0, 0.05) is 17.0 Å². The summed E-state index contributed by atoms with van der Waals surface area (Å²) in [5, 5.41) is 23.8. The molecule has 1 aromatic carbocycles. The van der Waals surface area contributed by atoms with E-state index in [2.05, 4.69) is 32.2 Å². The van der Waals surface area contributed by atoms with Crippen LogP contribution in [0.2, 0.25) is 5.02 Å². The molecule has 0 unspecified atom stereocenters. The number of nitrogens with zero attached hydrogens (tertiary/aromatic N) is 2. The number of carbonyl (C=O) groups excluding carboxylic acids is 1. The standard InChI is InChI=1S/C20H20ClN3O3S/c1-20(2,3)11-4-6-13-15(10-22)19(28-17(13)8-11)23-18(25)14-7-5-12(24(26)27)9-16(14)21/h5,7,9,11H,4,6,8H2,1-3H3,(H,23,25)/t11-/m0/s1. The molecule has 2 aromatic rings. The number of benzene rings is 1. The number of rotatable bonds is 3. The number of non-ortho nitro benzene ring substituents is 1. The van der Waals surface area contributed by atoms with E-state index >= 15 is 0 Å². The zero-order valence-electron chi connectivity index (χ0n) is 15.8. The summed E-state index contributed by atoms with van der Waals surface area (Å²) in [6, 6.07) is 5.93. The number of hydrogen-bond donors (Lipinski definition) is 1. The van der Waals surface area contributed by atoms with Crippen LogP contribution in [-0.2, 0) is 12.8 Å². The Hall–Kier alpha value is -2.43. The van der Waals surface area contributed by atoms with Crippen LogP contribution in [0.25, 0.3) is 0 Å². The summed E-state index contributed by atoms with van der Waals surface area (Å²) < 4.78 is 0. The average molecular weight is 418 g/mol. The third kappa shape index (κ3) is 3.89. The lowest BCUT2D eigenvalue weighted by molar-refractivity contribution is -0.384. The summed E-state index contributed by atoms with van der Waals surface area (Å²) in [6.45, 7) is 6.67. The number of nitrogens with one attached hydrogen (secondary N) is 1. The molecule has 8 heteroatoms. The molecule has 0 aliphatic heterocycles. The van der Waals surface area contributed by atoms with E-state index in [0.29, 0.717) is 16.5 Å². The Bertz CT molecular complexity index is 1000. The third-order valence-corrected chi connectivity index (χ3v) is 6.72. The predicted octanol–water partition coefficient (Wildman–Crippen LogP) is 5.58. The Balaban J connectivity index is 1.88. The number of hydrogen-bond acceptors (Lipinski definition) is 5. The molecule has 1 aromatic heterocycles. The zero-order valence-corrected chi connectivity index (χ0v) is 17.4. The number of anilines is 1. The van der Waals surface area contributed by atoms with Crippen molar-refractivity contribution < 1.29 is 9.72 Å². The van der Waals surface area contributed by atoms with Crippen LogP contribution in [0.3, 0.4) is 0 Å². The summed E-state index contributed by atoms with van der Waals surface area (Å²) in [4.78, 5) is 24.1. The Morgan fingerprint density at radius 3 is 2.71 bits per heavy atom. The molecule has 146 valence electrons. The first-order chi connectivity index (χ1) is 13.1. The van der Waals surface area contributed by atoms with E-state index in [9.17, 15) is 20.2 Å². The molecular weight excluding hydrogens is 398 g/mol. The number of nitriles is 1. The molecule has 1 atom stereocenters. The lowest BCUT2D eigenvalue weighted by atomic mass is 9.72. The number of nitro benzene ring substituents is 1. The second-order valence-corrected chi connectivity index (χ2v) is 9.51. The number of fused-ring (bicyclic) bond motifs is 1. The smallest absolute Gasteiger partial charge is 0.270 e. The van der Waals surface area contributed by atoms with Crippen LogP contribution in [0.4, 0.5) is 10.7 Å². The molecule has 1 aliphatic rings. The SMILES string of the molecule is CC(C)(C)[C@H]1CCc2c(sc(NC(=O)c3ccc([N+](=O)[O-])cc3Cl)c2C#N)C1. The maximum Gasteiger partial charge on any atom is 0.270 e. The van der Waals surface area contributed by atoms with Gasteiger partial charge in [-0.05, 0) is 42.2 Å². The van der Waals surface area contributed by atoms with Crippen molar-refractivity contribution >= 4 is 39.5 Å². The summed E-state index contributed by atoms with van der Waals surface area (Å²) in [5.41, 5.74) is 1.68. The van der Waals surface area contributed by atoms with Gasteiger partial charge in [0.15, 0.2) is 0 Å². The van der Waals surface area contributed by atoms with E-state index < -0.39 is 10.8 Å². The first-order valence-corrected chi connectivity index (χ1v) is 10.1. The fourth-order valence-electron chi connectivity index (χ4n) is 3.50. The van der Waals surface area contributed by atoms with Crippen LogP contribution in [-0.4, -0.2) is 10.8 Å². The van der Waals surface area contributed by atoms with Crippen LogP contribution < -0.4 is 5.32 Å². The lowest BCUT2D eigenvalue weighted by Crippen LogP contribution is -2.26. The molecule has 1 N–H and O–H groups in total. The van der Waals surface area contributed by atoms with Crippen LogP contribution in [0, 0.1) is 32.8 Å². The van der Waals surface area contributed by atoms with Crippen molar-refractivity contribution in [3.8, 4) is 6.07 Å². The molecular formula is C20H20ClN3O3S. The van der Waals surface area contributed by atoms with Crippen molar-refractivity contribution in [2.24, 2.45) is 11.3 Å². The summed E-state index contributed by atoms with van der Waals surface area (Å²) >= 11 is 7.49. The molecule has 0 spiro atoms. The van der Waals surface area contributed by atoms with E-state index in [0.717, 1.165) is 35.8 Å². The van der Waals surface area contributed by atoms with Gasteiger partial charge in [-0.2, -0.15) is 5.26 Å². The van der Waals surface area contributed by atoms with Crippen molar-refractivity contribution in [3.05, 3.63) is 54.9 Å². The molecule has 0 saturated carbocycles. The van der Waals surface area contributed by atoms with Gasteiger partial charge in [0.1, 0.15) is 11.1 Å². The Morgan fingerprint density at radius 2 is 2.14 bits per heavy atom. The lowest BCUT2D eigenvalue weighted by Gasteiger charge is -2.33. The minimum absolute atomic E-state index is 0.000626. The van der Waals surface area contributed by atoms with Crippen molar-refractivity contribution in [2.75, 3.05) is 5.32 Å². The molecule has 1 aliphatic carbocycles. The summed E-state index contributed by atoms with van der Waals surface area (Å²) in [7, 11) is 0. The van der Waals surface area contributed by atoms with Gasteiger partial charge >= 0.3 is 0 Å². The normalized spacial score (nSPS) is 16.2. The molecule has 0 fully saturated rings. The van der Waals surface area contributed by atoms with E-state index in [1.165, 1.54) is 23.5 Å². The second-order valence-electron chi connectivity index (χ2n) is 8.00. The van der Waals surface area contributed by atoms with Crippen LogP contribution >= 0.6 is 22.9 Å². The van der Waals surface area contributed by atoms with Crippen LogP contribution in [0.15, 0.2) is 18.2 Å².